The number of carbonyl (C=O) groups is 1. The number of ether oxygens (including phenoxy) is 10. The third-order valence-electron chi connectivity index (χ3n) is 23.8. The quantitative estimate of drug-likeness (QED) is 0.0460. The van der Waals surface area contributed by atoms with E-state index in [0.29, 0.717) is 38.5 Å². The van der Waals surface area contributed by atoms with Gasteiger partial charge in [-0.1, -0.05) is 60.1 Å². The molecule has 4 saturated carbocycles. The van der Waals surface area contributed by atoms with Crippen molar-refractivity contribution in [3.8, 4) is 0 Å². The van der Waals surface area contributed by atoms with Gasteiger partial charge in [0, 0.05) is 0 Å². The highest BCUT2D eigenvalue weighted by molar-refractivity contribution is 5.79. The molecule has 0 spiro atoms. The zero-order valence-corrected chi connectivity index (χ0v) is 50.8. The summed E-state index contributed by atoms with van der Waals surface area (Å²) in [6.07, 6.45) is -33.7. The molecule has 27 nitrogen and oxygen atoms in total. The van der Waals surface area contributed by atoms with Gasteiger partial charge >= 0.3 is 5.97 Å². The smallest absolute Gasteiger partial charge is 0.315 e. The third-order valence-corrected chi connectivity index (χ3v) is 23.8. The summed E-state index contributed by atoms with van der Waals surface area (Å²) in [5, 5.41) is 172. The molecule has 5 aliphatic heterocycles. The number of hydrogen-bond donors (Lipinski definition) is 16. The topological polar surface area (TPSA) is 433 Å². The number of allylic oxidation sites excluding steroid dienone is 2. The van der Waals surface area contributed by atoms with E-state index in [-0.39, 0.29) is 40.4 Å². The van der Waals surface area contributed by atoms with Crippen LogP contribution in [0.4, 0.5) is 0 Å². The molecule has 0 aromatic heterocycles. The second-order valence-corrected chi connectivity index (χ2v) is 28.5. The summed E-state index contributed by atoms with van der Waals surface area (Å²) in [7, 11) is 0. The van der Waals surface area contributed by atoms with E-state index in [2.05, 4.69) is 54.5 Å². The van der Waals surface area contributed by atoms with Crippen molar-refractivity contribution in [3.63, 3.8) is 0 Å². The van der Waals surface area contributed by atoms with Crippen LogP contribution in [0.15, 0.2) is 11.6 Å². The highest BCUT2D eigenvalue weighted by Gasteiger charge is 2.71. The molecule has 5 aliphatic carbocycles. The van der Waals surface area contributed by atoms with Crippen molar-refractivity contribution in [2.24, 2.45) is 56.7 Å². The van der Waals surface area contributed by atoms with Crippen molar-refractivity contribution < 1.29 is 134 Å². The fourth-order valence-corrected chi connectivity index (χ4v) is 18.1. The fraction of sp³-hybridized carbons (Fsp3) is 0.950. The monoisotopic (exact) mass is 1250 g/mol. The van der Waals surface area contributed by atoms with Crippen molar-refractivity contribution in [2.45, 2.75) is 273 Å². The molecule has 500 valence electrons. The van der Waals surface area contributed by atoms with E-state index in [1.165, 1.54) is 12.5 Å². The molecule has 5 saturated heterocycles. The molecule has 0 aromatic rings. The number of esters is 1. The molecule has 10 aliphatic rings. The Labute approximate surface area is 506 Å². The van der Waals surface area contributed by atoms with Gasteiger partial charge < -0.3 is 129 Å². The minimum atomic E-state index is -1.95. The lowest BCUT2D eigenvalue weighted by atomic mass is 9.33. The number of hydrogen-bond acceptors (Lipinski definition) is 27. The zero-order valence-electron chi connectivity index (χ0n) is 50.8. The highest BCUT2D eigenvalue weighted by atomic mass is 16.8. The molecule has 9 fully saturated rings. The Hall–Kier alpha value is -1.79. The largest absolute Gasteiger partial charge is 0.432 e. The molecular formula is C60H98O27. The van der Waals surface area contributed by atoms with Gasteiger partial charge in [0.25, 0.3) is 0 Å². The molecule has 0 bridgehead atoms. The van der Waals surface area contributed by atoms with Gasteiger partial charge in [-0.3, -0.25) is 4.79 Å². The van der Waals surface area contributed by atoms with Crippen LogP contribution in [0.25, 0.3) is 0 Å². The Bertz CT molecular complexity index is 2400. The van der Waals surface area contributed by atoms with E-state index in [0.717, 1.165) is 19.3 Å². The molecule has 16 N–H and O–H groups in total. The summed E-state index contributed by atoms with van der Waals surface area (Å²) >= 11 is 0. The highest BCUT2D eigenvalue weighted by Crippen LogP contribution is 2.76. The van der Waals surface area contributed by atoms with Crippen LogP contribution in [0.2, 0.25) is 0 Å². The zero-order chi connectivity index (χ0) is 63.5. The average Bonchev–Trinajstić information content (AvgIpc) is 0.682. The molecule has 0 aromatic carbocycles. The van der Waals surface area contributed by atoms with Crippen LogP contribution < -0.4 is 0 Å². The Kier molecular flexibility index (Phi) is 20.0. The molecule has 27 heteroatoms. The third kappa shape index (κ3) is 11.3. The lowest BCUT2D eigenvalue weighted by Crippen LogP contribution is -2.67. The minimum absolute atomic E-state index is 0.0338. The van der Waals surface area contributed by atoms with E-state index < -0.39 is 208 Å². The molecule has 4 unspecified atom stereocenters. The van der Waals surface area contributed by atoms with Crippen LogP contribution in [0.3, 0.4) is 0 Å². The minimum Gasteiger partial charge on any atom is -0.432 e. The van der Waals surface area contributed by atoms with Gasteiger partial charge in [-0.05, 0) is 116 Å². The maximum absolute atomic E-state index is 15.7. The molecule has 0 radical (unpaired) electrons. The first kappa shape index (κ1) is 68.1. The molecule has 35 atom stereocenters. The first-order valence-electron chi connectivity index (χ1n) is 31.3. The Morgan fingerprint density at radius 3 is 1.66 bits per heavy atom. The fourth-order valence-electron chi connectivity index (χ4n) is 18.1. The SMILES string of the molecule is C[C@@H]1CC[C@]2(C(=O)O[C@@H]3O[C@H](CO[C@@H]4O[C@H](CO)[C@@H](O)[C@H](O)[C@H]4O)[C@@H](O)[C@H](O)[C@H]3O[C@@H]3O[C@@H](C)[C@H](O)[C@@H](O)[C@H]3O)CC[C@]3(C)C(=CCC4[C@@]5(C)CCC(O[C@@H]6O[C@H](CO)[C@@H](O)[C@H](O[C@@H]7O[C@H](CO)[C@@H](O)[C@H](O)[C@H]7O)[C@H]6O)C(C)(C)C5CC[C@]43C)C2[C@H]1C. The van der Waals surface area contributed by atoms with Gasteiger partial charge in [-0.25, -0.2) is 0 Å². The number of aliphatic hydroxyl groups is 16. The van der Waals surface area contributed by atoms with Crippen molar-refractivity contribution in [2.75, 3.05) is 26.4 Å². The van der Waals surface area contributed by atoms with Crippen molar-refractivity contribution >= 4 is 5.97 Å². The molecular weight excluding hydrogens is 1150 g/mol. The van der Waals surface area contributed by atoms with E-state index in [4.69, 9.17) is 47.4 Å². The van der Waals surface area contributed by atoms with Crippen LogP contribution in [-0.4, -0.2) is 274 Å². The second-order valence-electron chi connectivity index (χ2n) is 28.5. The Balaban J connectivity index is 0.893. The van der Waals surface area contributed by atoms with Gasteiger partial charge in [0.15, 0.2) is 31.3 Å². The Morgan fingerprint density at radius 1 is 0.506 bits per heavy atom. The van der Waals surface area contributed by atoms with Gasteiger partial charge in [-0.2, -0.15) is 0 Å². The summed E-state index contributed by atoms with van der Waals surface area (Å²) in [6, 6.07) is 0. The number of aliphatic hydroxyl groups excluding tert-OH is 16. The number of fused-ring (bicyclic) bond motifs is 7. The lowest BCUT2D eigenvalue weighted by molar-refractivity contribution is -0.369. The summed E-state index contributed by atoms with van der Waals surface area (Å²) in [5.74, 6) is -0.608. The first-order chi connectivity index (χ1) is 40.9. The second kappa shape index (κ2) is 25.5. The number of carbonyl (C=O) groups excluding carboxylic acids is 1. The van der Waals surface area contributed by atoms with Crippen LogP contribution >= 0.6 is 0 Å². The van der Waals surface area contributed by atoms with E-state index in [1.807, 2.05) is 0 Å². The van der Waals surface area contributed by atoms with E-state index in [9.17, 15) is 81.7 Å². The van der Waals surface area contributed by atoms with Crippen LogP contribution in [-0.2, 0) is 52.2 Å². The van der Waals surface area contributed by atoms with Crippen molar-refractivity contribution in [1.29, 1.82) is 0 Å². The summed E-state index contributed by atoms with van der Waals surface area (Å²) < 4.78 is 60.1. The van der Waals surface area contributed by atoms with E-state index in [1.54, 1.807) is 0 Å². The molecule has 0 amide bonds. The molecule has 87 heavy (non-hydrogen) atoms. The average molecular weight is 1250 g/mol. The van der Waals surface area contributed by atoms with Gasteiger partial charge in [0.2, 0.25) is 6.29 Å². The van der Waals surface area contributed by atoms with Crippen molar-refractivity contribution in [3.05, 3.63) is 11.6 Å². The molecule has 10 rings (SSSR count). The van der Waals surface area contributed by atoms with Gasteiger partial charge in [-0.15, -0.1) is 0 Å². The van der Waals surface area contributed by atoms with Crippen LogP contribution in [0.1, 0.15) is 113 Å². The van der Waals surface area contributed by atoms with Crippen molar-refractivity contribution in [1.82, 2.24) is 0 Å². The van der Waals surface area contributed by atoms with Gasteiger partial charge in [0.1, 0.15) is 110 Å². The Morgan fingerprint density at radius 2 is 1.03 bits per heavy atom. The normalized spacial score (nSPS) is 55.1. The van der Waals surface area contributed by atoms with E-state index >= 15 is 4.79 Å². The first-order valence-corrected chi connectivity index (χ1v) is 31.3. The summed E-state index contributed by atoms with van der Waals surface area (Å²) in [4.78, 5) is 15.7. The van der Waals surface area contributed by atoms with Crippen LogP contribution in [0.5, 0.6) is 0 Å². The maximum Gasteiger partial charge on any atom is 0.315 e. The number of rotatable bonds is 14. The molecule has 5 heterocycles. The summed E-state index contributed by atoms with van der Waals surface area (Å²) in [6.45, 7) is 14.3. The summed E-state index contributed by atoms with van der Waals surface area (Å²) in [5.41, 5.74) is -1.48. The predicted molar refractivity (Wildman–Crippen MR) is 294 cm³/mol. The standard InChI is InChI=1S/C60H98O27/c1-23-11-16-60(55(77)87-54-49(86-51-45(74)40(69)35(64)25(3)79-51)43(72)38(67)30(83-54)22-78-50-44(73)41(70)36(65)27(19-61)80-50)18-17-58(7)26(34(60)24(23)2)9-10-32-57(6)14-13-33(56(4,5)31(57)12-15-59(32,58)8)84-53-47(76)48(39(68)29(21-63)82-53)85-52-46(75)42(71)37(66)28(20-62)81-52/h9,23-25,27-54,61-76H,10-22H2,1-8H3/t23-,24+,25+,27-,28-,29-,30-,31?,32?,33?,34?,35+,36-,37-,38-,39-,40-,41+,42+,43+,44-,45-,46-,47-,48+,49-,50-,51+,52+,53+,54+,57+,58-,59-,60+/m1/s1. The van der Waals surface area contributed by atoms with Gasteiger partial charge in [0.05, 0.1) is 44.1 Å². The van der Waals surface area contributed by atoms with Crippen LogP contribution in [0, 0.1) is 56.7 Å². The lowest BCUT2D eigenvalue weighted by Gasteiger charge is -2.71. The predicted octanol–water partition coefficient (Wildman–Crippen LogP) is -3.33. The maximum atomic E-state index is 15.7.